The number of nitrogens with one attached hydrogen (secondary N) is 2. The van der Waals surface area contributed by atoms with Crippen molar-refractivity contribution in [1.82, 2.24) is 10.3 Å². The van der Waals surface area contributed by atoms with Crippen LogP contribution in [0.3, 0.4) is 0 Å². The number of anilines is 1. The van der Waals surface area contributed by atoms with Gasteiger partial charge in [-0.25, -0.2) is 9.78 Å². The molecule has 0 atom stereocenters. The molecule has 0 spiro atoms. The molecule has 0 bridgehead atoms. The molecule has 1 aromatic heterocycles. The van der Waals surface area contributed by atoms with Crippen molar-refractivity contribution in [2.45, 2.75) is 20.4 Å². The highest BCUT2D eigenvalue weighted by Crippen LogP contribution is 2.24. The van der Waals surface area contributed by atoms with Crippen molar-refractivity contribution in [2.24, 2.45) is 0 Å². The van der Waals surface area contributed by atoms with E-state index in [0.717, 1.165) is 9.88 Å². The normalized spacial score (nSPS) is 10.2. The van der Waals surface area contributed by atoms with E-state index in [1.54, 1.807) is 19.2 Å². The highest BCUT2D eigenvalue weighted by molar-refractivity contribution is 7.11. The molecule has 0 fully saturated rings. The van der Waals surface area contributed by atoms with Crippen LogP contribution in [0.2, 0.25) is 0 Å². The van der Waals surface area contributed by atoms with Crippen LogP contribution in [0.4, 0.5) is 16.2 Å². The van der Waals surface area contributed by atoms with Crippen LogP contribution in [0.5, 0.6) is 0 Å². The zero-order chi connectivity index (χ0) is 15.4. The number of aryl methyl sites for hydroxylation is 1. The molecule has 21 heavy (non-hydrogen) atoms. The lowest BCUT2D eigenvalue weighted by Crippen LogP contribution is -2.28. The Kier molecular flexibility index (Phi) is 4.49. The molecule has 0 aliphatic rings. The van der Waals surface area contributed by atoms with Crippen molar-refractivity contribution in [3.63, 3.8) is 0 Å². The Hall–Kier alpha value is -2.48. The number of carbonyl (C=O) groups is 1. The standard InChI is InChI=1S/C13H14N4O3S/c1-8-11(4-3-5-12(8)17(19)20)16-13(18)15-7-10-6-14-9(2)21-10/h3-6H,7H2,1-2H3,(H2,15,16,18). The van der Waals surface area contributed by atoms with Gasteiger partial charge in [-0.15, -0.1) is 11.3 Å². The molecule has 0 unspecified atom stereocenters. The van der Waals surface area contributed by atoms with Crippen LogP contribution in [0.1, 0.15) is 15.4 Å². The predicted octanol–water partition coefficient (Wildman–Crippen LogP) is 2.99. The van der Waals surface area contributed by atoms with Gasteiger partial charge in [0, 0.05) is 17.1 Å². The van der Waals surface area contributed by atoms with Crippen LogP contribution in [-0.4, -0.2) is 15.9 Å². The largest absolute Gasteiger partial charge is 0.333 e. The molecule has 2 N–H and O–H groups in total. The van der Waals surface area contributed by atoms with E-state index in [2.05, 4.69) is 15.6 Å². The van der Waals surface area contributed by atoms with E-state index >= 15 is 0 Å². The number of nitro groups is 1. The van der Waals surface area contributed by atoms with Crippen LogP contribution in [0, 0.1) is 24.0 Å². The summed E-state index contributed by atoms with van der Waals surface area (Å²) < 4.78 is 0. The van der Waals surface area contributed by atoms with Gasteiger partial charge in [-0.2, -0.15) is 0 Å². The summed E-state index contributed by atoms with van der Waals surface area (Å²) in [6, 6.07) is 4.15. The Morgan fingerprint density at radius 1 is 1.43 bits per heavy atom. The Morgan fingerprint density at radius 2 is 2.19 bits per heavy atom. The fourth-order valence-electron chi connectivity index (χ4n) is 1.78. The number of rotatable bonds is 4. The van der Waals surface area contributed by atoms with Crippen molar-refractivity contribution in [1.29, 1.82) is 0 Å². The number of hydrogen-bond donors (Lipinski definition) is 2. The van der Waals surface area contributed by atoms with E-state index in [9.17, 15) is 14.9 Å². The first-order valence-electron chi connectivity index (χ1n) is 6.17. The van der Waals surface area contributed by atoms with Crippen LogP contribution >= 0.6 is 11.3 Å². The number of benzene rings is 1. The topological polar surface area (TPSA) is 97.2 Å². The molecule has 7 nitrogen and oxygen atoms in total. The zero-order valence-electron chi connectivity index (χ0n) is 11.5. The van der Waals surface area contributed by atoms with Crippen LogP contribution in [0.15, 0.2) is 24.4 Å². The van der Waals surface area contributed by atoms with Gasteiger partial charge in [0.25, 0.3) is 5.69 Å². The molecule has 2 aromatic rings. The van der Waals surface area contributed by atoms with E-state index in [1.807, 2.05) is 6.92 Å². The van der Waals surface area contributed by atoms with Crippen molar-refractivity contribution in [3.8, 4) is 0 Å². The minimum absolute atomic E-state index is 0.0223. The number of nitro benzene ring substituents is 1. The number of amides is 2. The zero-order valence-corrected chi connectivity index (χ0v) is 12.4. The minimum Gasteiger partial charge on any atom is -0.333 e. The monoisotopic (exact) mass is 306 g/mol. The first-order valence-corrected chi connectivity index (χ1v) is 6.99. The number of nitrogens with zero attached hydrogens (tertiary/aromatic N) is 2. The molecule has 0 aliphatic carbocycles. The molecule has 2 amide bonds. The van der Waals surface area contributed by atoms with Crippen LogP contribution in [0.25, 0.3) is 0 Å². The number of aromatic nitrogens is 1. The van der Waals surface area contributed by atoms with Crippen LogP contribution < -0.4 is 10.6 Å². The lowest BCUT2D eigenvalue weighted by molar-refractivity contribution is -0.385. The molecule has 110 valence electrons. The van der Waals surface area contributed by atoms with Gasteiger partial charge in [0.2, 0.25) is 0 Å². The summed E-state index contributed by atoms with van der Waals surface area (Å²) in [7, 11) is 0. The van der Waals surface area contributed by atoms with Gasteiger partial charge in [-0.1, -0.05) is 6.07 Å². The summed E-state index contributed by atoms with van der Waals surface area (Å²) in [5.41, 5.74) is 0.819. The first kappa shape index (κ1) is 14.9. The van der Waals surface area contributed by atoms with E-state index in [4.69, 9.17) is 0 Å². The third-order valence-electron chi connectivity index (χ3n) is 2.84. The Balaban J connectivity index is 1.99. The summed E-state index contributed by atoms with van der Waals surface area (Å²) in [4.78, 5) is 27.2. The van der Waals surface area contributed by atoms with Gasteiger partial charge in [0.15, 0.2) is 0 Å². The SMILES string of the molecule is Cc1ncc(CNC(=O)Nc2cccc([N+](=O)[O-])c2C)s1. The highest BCUT2D eigenvalue weighted by atomic mass is 32.1. The average Bonchev–Trinajstić information content (AvgIpc) is 2.84. The quantitative estimate of drug-likeness (QED) is 0.670. The second-order valence-corrected chi connectivity index (χ2v) is 5.68. The summed E-state index contributed by atoms with van der Waals surface area (Å²) in [6.07, 6.45) is 1.71. The summed E-state index contributed by atoms with van der Waals surface area (Å²) in [5, 5.41) is 17.1. The van der Waals surface area contributed by atoms with E-state index < -0.39 is 11.0 Å². The molecule has 0 saturated heterocycles. The van der Waals surface area contributed by atoms with Gasteiger partial charge >= 0.3 is 6.03 Å². The lowest BCUT2D eigenvalue weighted by Gasteiger charge is -2.09. The van der Waals surface area contributed by atoms with E-state index in [-0.39, 0.29) is 5.69 Å². The fraction of sp³-hybridized carbons (Fsp3) is 0.231. The lowest BCUT2D eigenvalue weighted by atomic mass is 10.1. The van der Waals surface area contributed by atoms with Crippen LogP contribution in [-0.2, 0) is 6.54 Å². The third kappa shape index (κ3) is 3.76. The van der Waals surface area contributed by atoms with Crippen molar-refractivity contribution in [3.05, 3.63) is 50.0 Å². The minimum atomic E-state index is -0.474. The molecular formula is C13H14N4O3S. The second kappa shape index (κ2) is 6.31. The van der Waals surface area contributed by atoms with Gasteiger partial charge in [-0.05, 0) is 19.9 Å². The maximum atomic E-state index is 11.8. The first-order chi connectivity index (χ1) is 9.97. The number of carbonyl (C=O) groups excluding carboxylic acids is 1. The molecule has 8 heteroatoms. The maximum Gasteiger partial charge on any atom is 0.319 e. The van der Waals surface area contributed by atoms with Crippen molar-refractivity contribution in [2.75, 3.05) is 5.32 Å². The highest BCUT2D eigenvalue weighted by Gasteiger charge is 2.14. The summed E-state index contributed by atoms with van der Waals surface area (Å²) in [5.74, 6) is 0. The third-order valence-corrected chi connectivity index (χ3v) is 3.76. The average molecular weight is 306 g/mol. The van der Waals surface area contributed by atoms with Gasteiger partial charge < -0.3 is 10.6 Å². The molecular weight excluding hydrogens is 292 g/mol. The van der Waals surface area contributed by atoms with Gasteiger partial charge in [0.05, 0.1) is 27.7 Å². The molecule has 1 heterocycles. The fourth-order valence-corrected chi connectivity index (χ4v) is 2.51. The smallest absolute Gasteiger partial charge is 0.319 e. The van der Waals surface area contributed by atoms with Gasteiger partial charge in [-0.3, -0.25) is 10.1 Å². The molecule has 0 aliphatic heterocycles. The van der Waals surface area contributed by atoms with Crippen molar-refractivity contribution >= 4 is 28.7 Å². The molecule has 0 saturated carbocycles. The summed E-state index contributed by atoms with van der Waals surface area (Å²) >= 11 is 1.50. The second-order valence-electron chi connectivity index (χ2n) is 4.36. The molecule has 0 radical (unpaired) electrons. The number of urea groups is 1. The van der Waals surface area contributed by atoms with Crippen molar-refractivity contribution < 1.29 is 9.72 Å². The van der Waals surface area contributed by atoms with E-state index in [0.29, 0.717) is 17.8 Å². The Bertz CT molecular complexity index is 684. The molecule has 2 rings (SSSR count). The van der Waals surface area contributed by atoms with Gasteiger partial charge in [0.1, 0.15) is 0 Å². The summed E-state index contributed by atoms with van der Waals surface area (Å²) in [6.45, 7) is 3.85. The molecule has 1 aromatic carbocycles. The number of hydrogen-bond acceptors (Lipinski definition) is 5. The van der Waals surface area contributed by atoms with E-state index in [1.165, 1.54) is 23.5 Å². The predicted molar refractivity (Wildman–Crippen MR) is 80.5 cm³/mol. The Morgan fingerprint density at radius 3 is 2.81 bits per heavy atom. The Labute approximate surface area is 125 Å². The number of thiazole rings is 1. The maximum absolute atomic E-state index is 11.8.